The van der Waals surface area contributed by atoms with Gasteiger partial charge in [-0.1, -0.05) is 48.5 Å². The minimum Gasteiger partial charge on any atom is -0.281 e. The average Bonchev–Trinajstić information content (AvgIpc) is 2.49. The largest absolute Gasteiger partial charge is 0.281 e. The highest BCUT2D eigenvalue weighted by atomic mass is 32.2. The molecule has 1 amide bonds. The molecular formula is C16H18N2OS. The molecule has 0 bridgehead atoms. The molecular weight excluding hydrogens is 268 g/mol. The van der Waals surface area contributed by atoms with Crippen LogP contribution < -0.4 is 10.4 Å². The Hall–Kier alpha value is -1.94. The molecule has 0 saturated carbocycles. The highest BCUT2D eigenvalue weighted by Crippen LogP contribution is 2.14. The summed E-state index contributed by atoms with van der Waals surface area (Å²) in [6.07, 6.45) is 1.92. The Labute approximate surface area is 124 Å². The van der Waals surface area contributed by atoms with E-state index in [4.69, 9.17) is 0 Å². The van der Waals surface area contributed by atoms with Crippen LogP contribution in [0.25, 0.3) is 0 Å². The number of hydrogen-bond donors (Lipinski definition) is 1. The number of anilines is 1. The first-order valence-electron chi connectivity index (χ1n) is 6.44. The maximum atomic E-state index is 11.8. The summed E-state index contributed by atoms with van der Waals surface area (Å²) in [6.45, 7) is 0.644. The summed E-state index contributed by atoms with van der Waals surface area (Å²) in [5.74, 6) is 0.468. The number of carbonyl (C=O) groups is 1. The van der Waals surface area contributed by atoms with E-state index < -0.39 is 0 Å². The summed E-state index contributed by atoms with van der Waals surface area (Å²) < 4.78 is 0. The molecule has 2 aromatic carbocycles. The number of rotatable bonds is 6. The maximum absolute atomic E-state index is 11.8. The quantitative estimate of drug-likeness (QED) is 0.828. The van der Waals surface area contributed by atoms with Crippen LogP contribution in [0.4, 0.5) is 5.69 Å². The fourth-order valence-electron chi connectivity index (χ4n) is 1.88. The summed E-state index contributed by atoms with van der Waals surface area (Å²) in [5.41, 5.74) is 5.09. The number of nitrogens with zero attached hydrogens (tertiary/aromatic N) is 1. The molecule has 0 unspecified atom stereocenters. The molecule has 2 aromatic rings. The van der Waals surface area contributed by atoms with Gasteiger partial charge in [0.2, 0.25) is 5.91 Å². The highest BCUT2D eigenvalue weighted by molar-refractivity contribution is 7.99. The molecule has 1 N–H and O–H groups in total. The molecule has 0 radical (unpaired) electrons. The predicted molar refractivity (Wildman–Crippen MR) is 85.6 cm³/mol. The minimum absolute atomic E-state index is 0.0114. The van der Waals surface area contributed by atoms with Gasteiger partial charge in [-0.25, -0.2) is 0 Å². The Kier molecular flexibility index (Phi) is 5.50. The number of para-hydroxylation sites is 1. The first-order chi connectivity index (χ1) is 9.79. The van der Waals surface area contributed by atoms with Crippen LogP contribution in [0.1, 0.15) is 5.56 Å². The predicted octanol–water partition coefficient (Wildman–Crippen LogP) is 3.09. The molecule has 0 spiro atoms. The van der Waals surface area contributed by atoms with Gasteiger partial charge in [0, 0.05) is 0 Å². The van der Waals surface area contributed by atoms with Crippen molar-refractivity contribution >= 4 is 23.4 Å². The number of carbonyl (C=O) groups excluding carboxylic acids is 1. The van der Waals surface area contributed by atoms with Gasteiger partial charge in [-0.2, -0.15) is 11.8 Å². The molecule has 0 atom stereocenters. The van der Waals surface area contributed by atoms with Crippen molar-refractivity contribution in [2.75, 3.05) is 17.0 Å². The zero-order valence-corrected chi connectivity index (χ0v) is 12.3. The van der Waals surface area contributed by atoms with Crippen LogP contribution in [0.3, 0.4) is 0 Å². The van der Waals surface area contributed by atoms with Gasteiger partial charge in [0.05, 0.1) is 18.0 Å². The van der Waals surface area contributed by atoms with Gasteiger partial charge in [-0.3, -0.25) is 15.2 Å². The Bertz CT molecular complexity index is 531. The van der Waals surface area contributed by atoms with Crippen molar-refractivity contribution in [2.24, 2.45) is 0 Å². The van der Waals surface area contributed by atoms with Crippen LogP contribution in [-0.4, -0.2) is 17.9 Å². The van der Waals surface area contributed by atoms with Crippen molar-refractivity contribution in [2.45, 2.75) is 6.54 Å². The number of hydrogen-bond acceptors (Lipinski definition) is 3. The summed E-state index contributed by atoms with van der Waals surface area (Å²) >= 11 is 1.51. The lowest BCUT2D eigenvalue weighted by Gasteiger charge is -2.25. The second kappa shape index (κ2) is 7.60. The number of benzene rings is 2. The van der Waals surface area contributed by atoms with Crippen molar-refractivity contribution in [1.82, 2.24) is 5.43 Å². The highest BCUT2D eigenvalue weighted by Gasteiger charge is 2.10. The topological polar surface area (TPSA) is 32.3 Å². The molecule has 3 nitrogen and oxygen atoms in total. The third kappa shape index (κ3) is 4.31. The van der Waals surface area contributed by atoms with Crippen LogP contribution >= 0.6 is 11.8 Å². The fraction of sp³-hybridized carbons (Fsp3) is 0.188. The van der Waals surface area contributed by atoms with E-state index in [-0.39, 0.29) is 5.91 Å². The van der Waals surface area contributed by atoms with Crippen molar-refractivity contribution in [3.63, 3.8) is 0 Å². The van der Waals surface area contributed by atoms with Crippen LogP contribution in [0.2, 0.25) is 0 Å². The first-order valence-corrected chi connectivity index (χ1v) is 7.84. The number of thioether (sulfide) groups is 1. The van der Waals surface area contributed by atoms with E-state index in [2.05, 4.69) is 17.6 Å². The molecule has 0 aliphatic rings. The average molecular weight is 286 g/mol. The summed E-state index contributed by atoms with van der Waals surface area (Å²) in [5, 5.41) is 1.88. The van der Waals surface area contributed by atoms with E-state index in [9.17, 15) is 4.79 Å². The molecule has 0 aromatic heterocycles. The lowest BCUT2D eigenvalue weighted by Crippen LogP contribution is -2.42. The van der Waals surface area contributed by atoms with Crippen molar-refractivity contribution in [3.05, 3.63) is 66.2 Å². The van der Waals surface area contributed by atoms with Gasteiger partial charge in [0.15, 0.2) is 0 Å². The normalized spacial score (nSPS) is 10.1. The van der Waals surface area contributed by atoms with Crippen LogP contribution in [0.5, 0.6) is 0 Å². The Morgan fingerprint density at radius 1 is 1.05 bits per heavy atom. The first kappa shape index (κ1) is 14.5. The van der Waals surface area contributed by atoms with Gasteiger partial charge < -0.3 is 0 Å². The second-order valence-corrected chi connectivity index (χ2v) is 5.24. The lowest BCUT2D eigenvalue weighted by molar-refractivity contribution is -0.118. The SMILES string of the molecule is CSCC(=O)NN(Cc1ccccc1)c1ccccc1. The molecule has 0 aliphatic carbocycles. The van der Waals surface area contributed by atoms with Crippen LogP contribution in [0, 0.1) is 0 Å². The lowest BCUT2D eigenvalue weighted by atomic mass is 10.2. The standard InChI is InChI=1S/C16H18N2OS/c1-20-13-16(19)17-18(15-10-6-3-7-11-15)12-14-8-4-2-5-9-14/h2-11H,12-13H2,1H3,(H,17,19). The number of amides is 1. The van der Waals surface area contributed by atoms with Gasteiger partial charge in [0.1, 0.15) is 0 Å². The van der Waals surface area contributed by atoms with E-state index in [0.29, 0.717) is 12.3 Å². The molecule has 2 rings (SSSR count). The number of hydrazine groups is 1. The van der Waals surface area contributed by atoms with E-state index in [1.54, 1.807) is 0 Å². The van der Waals surface area contributed by atoms with E-state index in [1.165, 1.54) is 11.8 Å². The van der Waals surface area contributed by atoms with Gasteiger partial charge in [-0.05, 0) is 24.0 Å². The van der Waals surface area contributed by atoms with E-state index in [0.717, 1.165) is 11.3 Å². The Morgan fingerprint density at radius 2 is 1.65 bits per heavy atom. The summed E-state index contributed by atoms with van der Waals surface area (Å²) in [4.78, 5) is 11.8. The molecule has 0 saturated heterocycles. The second-order valence-electron chi connectivity index (χ2n) is 4.38. The minimum atomic E-state index is 0.0114. The Morgan fingerprint density at radius 3 is 2.25 bits per heavy atom. The van der Waals surface area contributed by atoms with Crippen LogP contribution in [0.15, 0.2) is 60.7 Å². The molecule has 0 fully saturated rings. The summed E-state index contributed by atoms with van der Waals surface area (Å²) in [6, 6.07) is 20.0. The fourth-order valence-corrected chi connectivity index (χ4v) is 2.21. The van der Waals surface area contributed by atoms with E-state index >= 15 is 0 Å². The van der Waals surface area contributed by atoms with Crippen molar-refractivity contribution in [1.29, 1.82) is 0 Å². The van der Waals surface area contributed by atoms with Crippen molar-refractivity contribution in [3.8, 4) is 0 Å². The number of nitrogens with one attached hydrogen (secondary N) is 1. The third-order valence-electron chi connectivity index (χ3n) is 2.79. The zero-order valence-electron chi connectivity index (χ0n) is 11.5. The van der Waals surface area contributed by atoms with Gasteiger partial charge in [-0.15, -0.1) is 0 Å². The molecule has 104 valence electrons. The molecule has 20 heavy (non-hydrogen) atoms. The Balaban J connectivity index is 2.14. The maximum Gasteiger partial charge on any atom is 0.248 e. The molecule has 0 aliphatic heterocycles. The van der Waals surface area contributed by atoms with E-state index in [1.807, 2.05) is 59.8 Å². The van der Waals surface area contributed by atoms with Gasteiger partial charge in [0.25, 0.3) is 0 Å². The monoisotopic (exact) mass is 286 g/mol. The van der Waals surface area contributed by atoms with Gasteiger partial charge >= 0.3 is 0 Å². The smallest absolute Gasteiger partial charge is 0.248 e. The van der Waals surface area contributed by atoms with Crippen LogP contribution in [-0.2, 0) is 11.3 Å². The zero-order chi connectivity index (χ0) is 14.2. The third-order valence-corrected chi connectivity index (χ3v) is 3.34. The molecule has 4 heteroatoms. The van der Waals surface area contributed by atoms with Crippen molar-refractivity contribution < 1.29 is 4.79 Å². The molecule has 0 heterocycles. The summed E-state index contributed by atoms with van der Waals surface area (Å²) in [7, 11) is 0.